The Morgan fingerprint density at radius 1 is 1.14 bits per heavy atom. The fourth-order valence-corrected chi connectivity index (χ4v) is 1.78. The Labute approximate surface area is 125 Å². The number of nitrogens with one attached hydrogen (secondary N) is 2. The molecule has 0 saturated heterocycles. The van der Waals surface area contributed by atoms with Gasteiger partial charge in [-0.2, -0.15) is 0 Å². The van der Waals surface area contributed by atoms with E-state index in [2.05, 4.69) is 51.6 Å². The third kappa shape index (κ3) is 3.90. The van der Waals surface area contributed by atoms with E-state index in [1.807, 2.05) is 24.6 Å². The smallest absolute Gasteiger partial charge is 0.151 e. The molecule has 0 saturated carbocycles. The van der Waals surface area contributed by atoms with Crippen LogP contribution in [0.3, 0.4) is 0 Å². The summed E-state index contributed by atoms with van der Waals surface area (Å²) in [4.78, 5) is 9.16. The highest BCUT2D eigenvalue weighted by Crippen LogP contribution is 2.22. The minimum absolute atomic E-state index is 0.105. The van der Waals surface area contributed by atoms with Crippen LogP contribution < -0.4 is 10.6 Å². The third-order valence-corrected chi connectivity index (χ3v) is 2.99. The van der Waals surface area contributed by atoms with Crippen LogP contribution in [0.1, 0.15) is 39.3 Å². The number of rotatable bonds is 5. The molecule has 2 heterocycles. The maximum absolute atomic E-state index is 4.60. The lowest BCUT2D eigenvalue weighted by Crippen LogP contribution is -2.19. The van der Waals surface area contributed by atoms with Crippen molar-refractivity contribution < 1.29 is 0 Å². The first-order chi connectivity index (χ1) is 9.90. The van der Waals surface area contributed by atoms with E-state index in [0.717, 1.165) is 29.8 Å². The molecule has 0 fully saturated rings. The summed E-state index contributed by atoms with van der Waals surface area (Å²) in [5.41, 5.74) is -0.105. The van der Waals surface area contributed by atoms with Crippen LogP contribution in [0.15, 0.2) is 12.4 Å². The Morgan fingerprint density at radius 3 is 2.33 bits per heavy atom. The number of anilines is 2. The van der Waals surface area contributed by atoms with E-state index in [9.17, 15) is 0 Å². The number of hydrogen-bond donors (Lipinski definition) is 2. The highest BCUT2D eigenvalue weighted by Gasteiger charge is 2.19. The third-order valence-electron chi connectivity index (χ3n) is 2.99. The van der Waals surface area contributed by atoms with Gasteiger partial charge in [0.25, 0.3) is 0 Å². The molecule has 7 heteroatoms. The molecule has 0 amide bonds. The molecular weight excluding hydrogens is 266 g/mol. The molecule has 2 N–H and O–H groups in total. The first kappa shape index (κ1) is 15.2. The average molecular weight is 289 g/mol. The van der Waals surface area contributed by atoms with Crippen LogP contribution in [0.25, 0.3) is 0 Å². The summed E-state index contributed by atoms with van der Waals surface area (Å²) in [5.74, 6) is 3.28. The van der Waals surface area contributed by atoms with Gasteiger partial charge in [0, 0.05) is 25.1 Å². The van der Waals surface area contributed by atoms with E-state index in [1.165, 1.54) is 0 Å². The SMILES string of the molecule is CCNc1cc(NCc2nncn2C)nc(C(C)(C)C)n1. The van der Waals surface area contributed by atoms with Crippen LogP contribution in [0.5, 0.6) is 0 Å². The van der Waals surface area contributed by atoms with Crippen molar-refractivity contribution in [3.63, 3.8) is 0 Å². The average Bonchev–Trinajstić information content (AvgIpc) is 2.81. The molecule has 2 rings (SSSR count). The Bertz CT molecular complexity index is 598. The van der Waals surface area contributed by atoms with Crippen molar-refractivity contribution in [1.82, 2.24) is 24.7 Å². The molecule has 0 aromatic carbocycles. The van der Waals surface area contributed by atoms with Gasteiger partial charge in [0.1, 0.15) is 23.8 Å². The van der Waals surface area contributed by atoms with Gasteiger partial charge in [-0.3, -0.25) is 0 Å². The van der Waals surface area contributed by atoms with Crippen molar-refractivity contribution in [3.05, 3.63) is 24.0 Å². The molecule has 21 heavy (non-hydrogen) atoms. The lowest BCUT2D eigenvalue weighted by molar-refractivity contribution is 0.546. The largest absolute Gasteiger partial charge is 0.370 e. The van der Waals surface area contributed by atoms with Crippen molar-refractivity contribution >= 4 is 11.6 Å². The van der Waals surface area contributed by atoms with Crippen molar-refractivity contribution in [2.24, 2.45) is 7.05 Å². The second-order valence-electron chi connectivity index (χ2n) is 5.95. The summed E-state index contributed by atoms with van der Waals surface area (Å²) < 4.78 is 1.88. The van der Waals surface area contributed by atoms with Gasteiger partial charge in [-0.15, -0.1) is 10.2 Å². The molecule has 0 aliphatic carbocycles. The second kappa shape index (κ2) is 6.07. The lowest BCUT2D eigenvalue weighted by Gasteiger charge is -2.19. The molecule has 0 aliphatic rings. The molecule has 7 nitrogen and oxygen atoms in total. The second-order valence-corrected chi connectivity index (χ2v) is 5.95. The lowest BCUT2D eigenvalue weighted by atomic mass is 9.96. The van der Waals surface area contributed by atoms with Crippen LogP contribution in [0, 0.1) is 0 Å². The fraction of sp³-hybridized carbons (Fsp3) is 0.571. The first-order valence-electron chi connectivity index (χ1n) is 7.10. The van der Waals surface area contributed by atoms with Crippen molar-refractivity contribution in [2.75, 3.05) is 17.2 Å². The number of hydrogen-bond acceptors (Lipinski definition) is 6. The minimum atomic E-state index is -0.105. The maximum Gasteiger partial charge on any atom is 0.151 e. The molecule has 0 unspecified atom stereocenters. The van der Waals surface area contributed by atoms with Crippen LogP contribution in [0.4, 0.5) is 11.6 Å². The summed E-state index contributed by atoms with van der Waals surface area (Å²) in [5, 5.41) is 14.4. The summed E-state index contributed by atoms with van der Waals surface area (Å²) in [7, 11) is 1.92. The first-order valence-corrected chi connectivity index (χ1v) is 7.10. The zero-order chi connectivity index (χ0) is 15.5. The molecule has 0 bridgehead atoms. The topological polar surface area (TPSA) is 80.5 Å². The Kier molecular flexibility index (Phi) is 4.40. The maximum atomic E-state index is 4.60. The van der Waals surface area contributed by atoms with Crippen LogP contribution in [-0.4, -0.2) is 31.3 Å². The Morgan fingerprint density at radius 2 is 1.81 bits per heavy atom. The molecule has 2 aromatic heterocycles. The van der Waals surface area contributed by atoms with E-state index in [1.54, 1.807) is 6.33 Å². The Balaban J connectivity index is 2.21. The van der Waals surface area contributed by atoms with Crippen LogP contribution >= 0.6 is 0 Å². The monoisotopic (exact) mass is 289 g/mol. The molecule has 0 aliphatic heterocycles. The molecule has 2 aromatic rings. The zero-order valence-corrected chi connectivity index (χ0v) is 13.3. The number of nitrogens with zero attached hydrogens (tertiary/aromatic N) is 5. The number of aryl methyl sites for hydroxylation is 1. The predicted octanol–water partition coefficient (Wildman–Crippen LogP) is 1.95. The van der Waals surface area contributed by atoms with Gasteiger partial charge in [0.2, 0.25) is 0 Å². The van der Waals surface area contributed by atoms with Gasteiger partial charge in [-0.25, -0.2) is 9.97 Å². The zero-order valence-electron chi connectivity index (χ0n) is 13.3. The normalized spacial score (nSPS) is 11.5. The summed E-state index contributed by atoms with van der Waals surface area (Å²) in [6.07, 6.45) is 1.68. The number of aromatic nitrogens is 5. The molecule has 0 spiro atoms. The van der Waals surface area contributed by atoms with Gasteiger partial charge in [-0.1, -0.05) is 20.8 Å². The van der Waals surface area contributed by atoms with Crippen molar-refractivity contribution in [2.45, 2.75) is 39.7 Å². The van der Waals surface area contributed by atoms with Crippen LogP contribution in [-0.2, 0) is 19.0 Å². The predicted molar refractivity (Wildman–Crippen MR) is 83.2 cm³/mol. The highest BCUT2D eigenvalue weighted by molar-refractivity contribution is 5.48. The van der Waals surface area contributed by atoms with Gasteiger partial charge >= 0.3 is 0 Å². The molecule has 0 radical (unpaired) electrons. The summed E-state index contributed by atoms with van der Waals surface area (Å²) >= 11 is 0. The van der Waals surface area contributed by atoms with Crippen molar-refractivity contribution in [1.29, 1.82) is 0 Å². The van der Waals surface area contributed by atoms with E-state index < -0.39 is 0 Å². The van der Waals surface area contributed by atoms with Gasteiger partial charge in [0.15, 0.2) is 5.82 Å². The van der Waals surface area contributed by atoms with E-state index in [4.69, 9.17) is 0 Å². The minimum Gasteiger partial charge on any atom is -0.370 e. The highest BCUT2D eigenvalue weighted by atomic mass is 15.3. The standard InChI is InChI=1S/C14H23N7/c1-6-15-10-7-11(19-13(18-10)14(2,3)4)16-8-12-20-17-9-21(12)5/h7,9H,6,8H2,1-5H3,(H2,15,16,18,19). The van der Waals surface area contributed by atoms with Gasteiger partial charge < -0.3 is 15.2 Å². The summed E-state index contributed by atoms with van der Waals surface area (Å²) in [6, 6.07) is 1.91. The van der Waals surface area contributed by atoms with Crippen LogP contribution in [0.2, 0.25) is 0 Å². The van der Waals surface area contributed by atoms with E-state index >= 15 is 0 Å². The molecular formula is C14H23N7. The van der Waals surface area contributed by atoms with E-state index in [0.29, 0.717) is 6.54 Å². The van der Waals surface area contributed by atoms with Gasteiger partial charge in [0.05, 0.1) is 6.54 Å². The van der Waals surface area contributed by atoms with Crippen molar-refractivity contribution in [3.8, 4) is 0 Å². The molecule has 114 valence electrons. The van der Waals surface area contributed by atoms with E-state index in [-0.39, 0.29) is 5.41 Å². The summed E-state index contributed by atoms with van der Waals surface area (Å²) in [6.45, 7) is 9.75. The van der Waals surface area contributed by atoms with Gasteiger partial charge in [-0.05, 0) is 6.92 Å². The Hall–Kier alpha value is -2.18. The quantitative estimate of drug-likeness (QED) is 0.875. The fourth-order valence-electron chi connectivity index (χ4n) is 1.78. The molecule has 0 atom stereocenters.